The van der Waals surface area contributed by atoms with Gasteiger partial charge in [0.05, 0.1) is 12.7 Å². The van der Waals surface area contributed by atoms with Gasteiger partial charge in [0.25, 0.3) is 5.89 Å². The molecular weight excluding hydrogens is 396 g/mol. The molecule has 1 aromatic heterocycles. The number of rotatable bonds is 9. The summed E-state index contributed by atoms with van der Waals surface area (Å²) >= 11 is 6.15. The number of nitrogens with zero attached hydrogens (tertiary/aromatic N) is 2. The van der Waals surface area contributed by atoms with Crippen molar-refractivity contribution in [1.82, 2.24) is 10.1 Å². The number of esters is 1. The van der Waals surface area contributed by atoms with Crippen LogP contribution in [0.3, 0.4) is 0 Å². The van der Waals surface area contributed by atoms with E-state index in [1.54, 1.807) is 24.3 Å². The summed E-state index contributed by atoms with van der Waals surface area (Å²) in [6.45, 7) is 2.20. The van der Waals surface area contributed by atoms with E-state index < -0.39 is 5.97 Å². The highest BCUT2D eigenvalue weighted by atomic mass is 35.5. The average molecular weight is 417 g/mol. The van der Waals surface area contributed by atoms with Gasteiger partial charge in [-0.3, -0.25) is 0 Å². The molecule has 3 rings (SSSR count). The van der Waals surface area contributed by atoms with Crippen molar-refractivity contribution < 1.29 is 23.5 Å². The number of hydrogen-bond donors (Lipinski definition) is 0. The lowest BCUT2D eigenvalue weighted by molar-refractivity contribution is 0.0429. The van der Waals surface area contributed by atoms with Crippen LogP contribution in [0.5, 0.6) is 11.5 Å². The standard InChI is InChI=1S/C21H21ClN2O5/c1-3-6-19-23-20(29-24-19)13-28-21(25)14-9-10-17(18(11-14)26-2)27-12-15-7-4-5-8-16(15)22/h4-5,7-11H,3,6,12-13H2,1-2H3. The summed E-state index contributed by atoms with van der Waals surface area (Å²) in [6.07, 6.45) is 1.62. The van der Waals surface area contributed by atoms with Gasteiger partial charge in [-0.15, -0.1) is 0 Å². The highest BCUT2D eigenvalue weighted by molar-refractivity contribution is 6.31. The fourth-order valence-electron chi connectivity index (χ4n) is 2.57. The van der Waals surface area contributed by atoms with E-state index in [4.69, 9.17) is 30.3 Å². The normalized spacial score (nSPS) is 10.6. The highest BCUT2D eigenvalue weighted by Gasteiger charge is 2.15. The molecule has 0 saturated carbocycles. The molecule has 0 aliphatic carbocycles. The molecule has 0 fully saturated rings. The monoisotopic (exact) mass is 416 g/mol. The van der Waals surface area contributed by atoms with Crippen LogP contribution >= 0.6 is 11.6 Å². The zero-order valence-corrected chi connectivity index (χ0v) is 16.9. The Kier molecular flexibility index (Phi) is 7.08. The van der Waals surface area contributed by atoms with Crippen molar-refractivity contribution in [2.24, 2.45) is 0 Å². The van der Waals surface area contributed by atoms with Crippen LogP contribution in [0.4, 0.5) is 0 Å². The minimum absolute atomic E-state index is 0.0946. The summed E-state index contributed by atoms with van der Waals surface area (Å²) < 4.78 is 21.4. The van der Waals surface area contributed by atoms with Crippen molar-refractivity contribution in [2.45, 2.75) is 33.0 Å². The molecule has 0 aliphatic rings. The van der Waals surface area contributed by atoms with Gasteiger partial charge in [-0.05, 0) is 30.7 Å². The molecule has 152 valence electrons. The fourth-order valence-corrected chi connectivity index (χ4v) is 2.76. The topological polar surface area (TPSA) is 83.7 Å². The van der Waals surface area contributed by atoms with Crippen LogP contribution in [-0.2, 0) is 24.4 Å². The first-order valence-electron chi connectivity index (χ1n) is 9.13. The van der Waals surface area contributed by atoms with E-state index in [2.05, 4.69) is 10.1 Å². The van der Waals surface area contributed by atoms with E-state index in [9.17, 15) is 4.79 Å². The molecule has 0 amide bonds. The van der Waals surface area contributed by atoms with Gasteiger partial charge in [0.1, 0.15) is 6.61 Å². The fraction of sp³-hybridized carbons (Fsp3) is 0.286. The smallest absolute Gasteiger partial charge is 0.338 e. The molecule has 0 aliphatic heterocycles. The van der Waals surface area contributed by atoms with E-state index in [-0.39, 0.29) is 19.1 Å². The van der Waals surface area contributed by atoms with Crippen LogP contribution in [0, 0.1) is 0 Å². The second-order valence-electron chi connectivity index (χ2n) is 6.18. The third-order valence-corrected chi connectivity index (χ3v) is 4.42. The van der Waals surface area contributed by atoms with Crippen LogP contribution < -0.4 is 9.47 Å². The first-order valence-corrected chi connectivity index (χ1v) is 9.51. The summed E-state index contributed by atoms with van der Waals surface area (Å²) in [4.78, 5) is 16.5. The molecule has 29 heavy (non-hydrogen) atoms. The van der Waals surface area contributed by atoms with Gasteiger partial charge < -0.3 is 18.7 Å². The summed E-state index contributed by atoms with van der Waals surface area (Å²) in [7, 11) is 1.50. The molecule has 0 unspecified atom stereocenters. The lowest BCUT2D eigenvalue weighted by Gasteiger charge is -2.12. The van der Waals surface area contributed by atoms with Crippen LogP contribution in [0.25, 0.3) is 0 Å². The molecule has 0 spiro atoms. The van der Waals surface area contributed by atoms with Gasteiger partial charge >= 0.3 is 5.97 Å². The SMILES string of the molecule is CCCc1noc(COC(=O)c2ccc(OCc3ccccc3Cl)c(OC)c2)n1. The summed E-state index contributed by atoms with van der Waals surface area (Å²) in [6, 6.07) is 12.2. The molecule has 2 aromatic carbocycles. The molecular formula is C21H21ClN2O5. The van der Waals surface area contributed by atoms with Crippen molar-refractivity contribution in [3.63, 3.8) is 0 Å². The predicted molar refractivity (Wildman–Crippen MR) is 106 cm³/mol. The molecule has 0 bridgehead atoms. The summed E-state index contributed by atoms with van der Waals surface area (Å²) in [5.74, 6) is 1.23. The maximum absolute atomic E-state index is 12.3. The minimum Gasteiger partial charge on any atom is -0.493 e. The first kappa shape index (κ1) is 20.7. The Morgan fingerprint density at radius 1 is 1.14 bits per heavy atom. The molecule has 3 aromatic rings. The van der Waals surface area contributed by atoms with E-state index in [1.807, 2.05) is 25.1 Å². The van der Waals surface area contributed by atoms with Crippen molar-refractivity contribution >= 4 is 17.6 Å². The quantitative estimate of drug-likeness (QED) is 0.470. The van der Waals surface area contributed by atoms with Gasteiger partial charge in [0, 0.05) is 17.0 Å². The lowest BCUT2D eigenvalue weighted by Crippen LogP contribution is -2.06. The van der Waals surface area contributed by atoms with Gasteiger partial charge in [0.2, 0.25) is 0 Å². The van der Waals surface area contributed by atoms with Gasteiger partial charge in [-0.2, -0.15) is 4.98 Å². The number of benzene rings is 2. The summed E-state index contributed by atoms with van der Waals surface area (Å²) in [5, 5.41) is 4.44. The number of aryl methyl sites for hydroxylation is 1. The predicted octanol–water partition coefficient (Wildman–Crippen LogP) is 4.62. The minimum atomic E-state index is -0.531. The molecule has 0 N–H and O–H groups in total. The Labute approximate surface area is 173 Å². The lowest BCUT2D eigenvalue weighted by atomic mass is 10.2. The maximum Gasteiger partial charge on any atom is 0.338 e. The van der Waals surface area contributed by atoms with E-state index in [0.717, 1.165) is 12.0 Å². The number of halogens is 1. The largest absolute Gasteiger partial charge is 0.493 e. The van der Waals surface area contributed by atoms with E-state index >= 15 is 0 Å². The molecule has 0 saturated heterocycles. The van der Waals surface area contributed by atoms with Crippen LogP contribution in [0.1, 0.15) is 41.0 Å². The second kappa shape index (κ2) is 9.93. The van der Waals surface area contributed by atoms with Crippen LogP contribution in [0.15, 0.2) is 47.0 Å². The second-order valence-corrected chi connectivity index (χ2v) is 6.58. The van der Waals surface area contributed by atoms with Crippen molar-refractivity contribution in [3.8, 4) is 11.5 Å². The molecule has 8 heteroatoms. The third kappa shape index (κ3) is 5.48. The Morgan fingerprint density at radius 3 is 2.72 bits per heavy atom. The Hall–Kier alpha value is -3.06. The number of carbonyl (C=O) groups is 1. The van der Waals surface area contributed by atoms with Crippen LogP contribution in [0.2, 0.25) is 5.02 Å². The highest BCUT2D eigenvalue weighted by Crippen LogP contribution is 2.30. The number of hydrogen-bond acceptors (Lipinski definition) is 7. The zero-order chi connectivity index (χ0) is 20.6. The van der Waals surface area contributed by atoms with E-state index in [0.29, 0.717) is 34.3 Å². The Morgan fingerprint density at radius 2 is 1.97 bits per heavy atom. The average Bonchev–Trinajstić information content (AvgIpc) is 3.19. The van der Waals surface area contributed by atoms with E-state index in [1.165, 1.54) is 7.11 Å². The third-order valence-electron chi connectivity index (χ3n) is 4.05. The zero-order valence-electron chi connectivity index (χ0n) is 16.2. The number of ether oxygens (including phenoxy) is 3. The van der Waals surface area contributed by atoms with Gasteiger partial charge in [-0.25, -0.2) is 4.79 Å². The maximum atomic E-state index is 12.3. The Balaban J connectivity index is 1.62. The molecule has 0 atom stereocenters. The van der Waals surface area contributed by atoms with Crippen molar-refractivity contribution in [2.75, 3.05) is 7.11 Å². The van der Waals surface area contributed by atoms with Crippen molar-refractivity contribution in [1.29, 1.82) is 0 Å². The molecule has 1 heterocycles. The first-order chi connectivity index (χ1) is 14.1. The van der Waals surface area contributed by atoms with Crippen LogP contribution in [-0.4, -0.2) is 23.2 Å². The molecule has 7 nitrogen and oxygen atoms in total. The number of methoxy groups -OCH3 is 1. The number of aromatic nitrogens is 2. The van der Waals surface area contributed by atoms with Gasteiger partial charge in [-0.1, -0.05) is 41.9 Å². The van der Waals surface area contributed by atoms with Gasteiger partial charge in [0.15, 0.2) is 23.9 Å². The number of carbonyl (C=O) groups excluding carboxylic acids is 1. The Bertz CT molecular complexity index is 973. The summed E-state index contributed by atoms with van der Waals surface area (Å²) in [5.41, 5.74) is 1.17. The van der Waals surface area contributed by atoms with Crippen molar-refractivity contribution in [3.05, 3.63) is 70.3 Å². The molecule has 0 radical (unpaired) electrons.